The van der Waals surface area contributed by atoms with Crippen LogP contribution in [-0.2, 0) is 23.9 Å². The average Bonchev–Trinajstić information content (AvgIpc) is 2.78. The lowest BCUT2D eigenvalue weighted by Gasteiger charge is -2.25. The standard InChI is InChI=1S/C13H19NO6S/c1-6(15)14-8(13(19)20-2)5-10(21)11-7(12(17)18)3-4-9(11)16/h7-8,10-11,21H,3-5H2,1-2H3,(H,14,15)(H,17,18). The predicted octanol–water partition coefficient (Wildman–Crippen LogP) is 0.0325. The smallest absolute Gasteiger partial charge is 0.328 e. The van der Waals surface area contributed by atoms with Crippen LogP contribution in [0, 0.1) is 11.8 Å². The van der Waals surface area contributed by atoms with Crippen molar-refractivity contribution in [3.8, 4) is 0 Å². The molecule has 0 heterocycles. The summed E-state index contributed by atoms with van der Waals surface area (Å²) >= 11 is 4.29. The first kappa shape index (κ1) is 17.5. The number of amides is 1. The van der Waals surface area contributed by atoms with Gasteiger partial charge in [0.15, 0.2) is 0 Å². The van der Waals surface area contributed by atoms with Gasteiger partial charge in [0, 0.05) is 24.5 Å². The van der Waals surface area contributed by atoms with Crippen molar-refractivity contribution < 1.29 is 29.0 Å². The number of esters is 1. The largest absolute Gasteiger partial charge is 0.481 e. The minimum absolute atomic E-state index is 0.0373. The number of carbonyl (C=O) groups excluding carboxylic acids is 3. The van der Waals surface area contributed by atoms with Crippen LogP contribution in [0.5, 0.6) is 0 Å². The van der Waals surface area contributed by atoms with E-state index in [1.807, 2.05) is 0 Å². The number of aliphatic carboxylic acids is 1. The minimum atomic E-state index is -1.04. The quantitative estimate of drug-likeness (QED) is 0.471. The van der Waals surface area contributed by atoms with Gasteiger partial charge in [0.05, 0.1) is 13.0 Å². The van der Waals surface area contributed by atoms with Crippen molar-refractivity contribution in [2.75, 3.05) is 7.11 Å². The maximum absolute atomic E-state index is 11.9. The fourth-order valence-corrected chi connectivity index (χ4v) is 3.20. The average molecular weight is 317 g/mol. The summed E-state index contributed by atoms with van der Waals surface area (Å²) in [5, 5.41) is 10.9. The summed E-state index contributed by atoms with van der Waals surface area (Å²) in [6.45, 7) is 1.25. The van der Waals surface area contributed by atoms with Crippen molar-refractivity contribution >= 4 is 36.3 Å². The third kappa shape index (κ3) is 4.45. The first-order valence-electron chi connectivity index (χ1n) is 6.56. The number of methoxy groups -OCH3 is 1. The van der Waals surface area contributed by atoms with Gasteiger partial charge in [-0.2, -0.15) is 12.6 Å². The molecule has 8 heteroatoms. The van der Waals surface area contributed by atoms with E-state index in [9.17, 15) is 19.2 Å². The van der Waals surface area contributed by atoms with Crippen LogP contribution in [0.2, 0.25) is 0 Å². The zero-order valence-electron chi connectivity index (χ0n) is 11.9. The highest BCUT2D eigenvalue weighted by atomic mass is 32.1. The van der Waals surface area contributed by atoms with Gasteiger partial charge in [-0.15, -0.1) is 0 Å². The van der Waals surface area contributed by atoms with Gasteiger partial charge < -0.3 is 15.2 Å². The van der Waals surface area contributed by atoms with Gasteiger partial charge in [-0.1, -0.05) is 0 Å². The Morgan fingerprint density at radius 2 is 2.10 bits per heavy atom. The summed E-state index contributed by atoms with van der Waals surface area (Å²) in [5.41, 5.74) is 0. The van der Waals surface area contributed by atoms with Crippen LogP contribution in [0.1, 0.15) is 26.2 Å². The lowest BCUT2D eigenvalue weighted by atomic mass is 9.89. The van der Waals surface area contributed by atoms with Gasteiger partial charge in [-0.25, -0.2) is 4.79 Å². The van der Waals surface area contributed by atoms with E-state index in [-0.39, 0.29) is 25.0 Å². The van der Waals surface area contributed by atoms with Gasteiger partial charge in [-0.3, -0.25) is 14.4 Å². The molecule has 1 aliphatic carbocycles. The van der Waals surface area contributed by atoms with Crippen molar-refractivity contribution in [3.05, 3.63) is 0 Å². The van der Waals surface area contributed by atoms with Gasteiger partial charge in [-0.05, 0) is 12.8 Å². The number of ketones is 1. The normalized spacial score (nSPS) is 24.2. The van der Waals surface area contributed by atoms with Crippen LogP contribution in [0.15, 0.2) is 0 Å². The Balaban J connectivity index is 2.82. The molecule has 1 aliphatic rings. The van der Waals surface area contributed by atoms with E-state index in [1.165, 1.54) is 14.0 Å². The number of rotatable bonds is 6. The molecule has 4 unspecified atom stereocenters. The van der Waals surface area contributed by atoms with E-state index in [4.69, 9.17) is 5.11 Å². The summed E-state index contributed by atoms with van der Waals surface area (Å²) in [5.74, 6) is -3.84. The summed E-state index contributed by atoms with van der Waals surface area (Å²) in [4.78, 5) is 45.8. The SMILES string of the molecule is COC(=O)C(CC(S)C1C(=O)CCC1C(=O)O)NC(C)=O. The Morgan fingerprint density at radius 3 is 2.57 bits per heavy atom. The van der Waals surface area contributed by atoms with Crippen molar-refractivity contribution in [2.45, 2.75) is 37.5 Å². The van der Waals surface area contributed by atoms with E-state index < -0.39 is 41.0 Å². The van der Waals surface area contributed by atoms with Crippen molar-refractivity contribution in [1.29, 1.82) is 0 Å². The maximum atomic E-state index is 11.9. The van der Waals surface area contributed by atoms with Crippen LogP contribution < -0.4 is 5.32 Å². The molecule has 0 aromatic heterocycles. The lowest BCUT2D eigenvalue weighted by Crippen LogP contribution is -2.44. The molecule has 0 aliphatic heterocycles. The molecule has 0 radical (unpaired) electrons. The molecule has 1 fully saturated rings. The zero-order chi connectivity index (χ0) is 16.2. The van der Waals surface area contributed by atoms with Crippen molar-refractivity contribution in [2.24, 2.45) is 11.8 Å². The van der Waals surface area contributed by atoms with Crippen LogP contribution in [-0.4, -0.2) is 47.1 Å². The zero-order valence-corrected chi connectivity index (χ0v) is 12.8. The lowest BCUT2D eigenvalue weighted by molar-refractivity contribution is -0.145. The Morgan fingerprint density at radius 1 is 1.48 bits per heavy atom. The predicted molar refractivity (Wildman–Crippen MR) is 75.9 cm³/mol. The topological polar surface area (TPSA) is 110 Å². The molecule has 0 aromatic carbocycles. The first-order chi connectivity index (χ1) is 9.77. The van der Waals surface area contributed by atoms with E-state index >= 15 is 0 Å². The highest BCUT2D eigenvalue weighted by Crippen LogP contribution is 2.35. The van der Waals surface area contributed by atoms with Gasteiger partial charge in [0.2, 0.25) is 5.91 Å². The van der Waals surface area contributed by atoms with E-state index in [0.29, 0.717) is 0 Å². The number of ether oxygens (including phenoxy) is 1. The Bertz CT molecular complexity index is 452. The molecular formula is C13H19NO6S. The second-order valence-corrected chi connectivity index (χ2v) is 5.72. The molecule has 0 aromatic rings. The molecule has 21 heavy (non-hydrogen) atoms. The number of thiol groups is 1. The number of carboxylic acid groups (broad SMARTS) is 1. The van der Waals surface area contributed by atoms with E-state index in [2.05, 4.69) is 22.7 Å². The summed E-state index contributed by atoms with van der Waals surface area (Å²) < 4.78 is 4.59. The second kappa shape index (κ2) is 7.44. The fraction of sp³-hybridized carbons (Fsp3) is 0.692. The van der Waals surface area contributed by atoms with Crippen LogP contribution in [0.25, 0.3) is 0 Å². The molecule has 4 atom stereocenters. The highest BCUT2D eigenvalue weighted by Gasteiger charge is 2.44. The van der Waals surface area contributed by atoms with Crippen molar-refractivity contribution in [3.63, 3.8) is 0 Å². The third-order valence-electron chi connectivity index (χ3n) is 3.58. The van der Waals surface area contributed by atoms with Crippen LogP contribution in [0.3, 0.4) is 0 Å². The third-order valence-corrected chi connectivity index (χ3v) is 4.11. The molecule has 118 valence electrons. The van der Waals surface area contributed by atoms with Gasteiger partial charge in [0.25, 0.3) is 0 Å². The summed E-state index contributed by atoms with van der Waals surface area (Å²) in [6, 6.07) is -0.946. The Kier molecular flexibility index (Phi) is 6.19. The summed E-state index contributed by atoms with van der Waals surface area (Å²) in [7, 11) is 1.19. The van der Waals surface area contributed by atoms with Crippen LogP contribution >= 0.6 is 12.6 Å². The van der Waals surface area contributed by atoms with Crippen molar-refractivity contribution in [1.82, 2.24) is 5.32 Å². The fourth-order valence-electron chi connectivity index (χ4n) is 2.62. The van der Waals surface area contributed by atoms with Gasteiger partial charge >= 0.3 is 11.9 Å². The summed E-state index contributed by atoms with van der Waals surface area (Å²) in [6.07, 6.45) is 0.510. The number of hydrogen-bond acceptors (Lipinski definition) is 6. The number of carboxylic acids is 1. The number of nitrogens with one attached hydrogen (secondary N) is 1. The minimum Gasteiger partial charge on any atom is -0.481 e. The molecule has 7 nitrogen and oxygen atoms in total. The molecule has 1 rings (SSSR count). The Labute approximate surface area is 127 Å². The molecule has 2 N–H and O–H groups in total. The first-order valence-corrected chi connectivity index (χ1v) is 7.08. The van der Waals surface area contributed by atoms with Crippen LogP contribution in [0.4, 0.5) is 0 Å². The number of hydrogen-bond donors (Lipinski definition) is 3. The second-order valence-electron chi connectivity index (χ2n) is 5.05. The number of carbonyl (C=O) groups is 4. The monoisotopic (exact) mass is 317 g/mol. The number of Topliss-reactive ketones (excluding diaryl/α,β-unsaturated/α-hetero) is 1. The van der Waals surface area contributed by atoms with E-state index in [0.717, 1.165) is 0 Å². The molecule has 0 spiro atoms. The molecule has 0 saturated heterocycles. The Hall–Kier alpha value is -1.57. The molecule has 1 saturated carbocycles. The molecule has 0 bridgehead atoms. The highest BCUT2D eigenvalue weighted by molar-refractivity contribution is 7.81. The molecular weight excluding hydrogens is 298 g/mol. The maximum Gasteiger partial charge on any atom is 0.328 e. The van der Waals surface area contributed by atoms with Gasteiger partial charge in [0.1, 0.15) is 11.8 Å². The molecule has 1 amide bonds. The van der Waals surface area contributed by atoms with E-state index in [1.54, 1.807) is 0 Å².